The Morgan fingerprint density at radius 3 is 2.75 bits per heavy atom. The number of morpholine rings is 1. The highest BCUT2D eigenvalue weighted by Gasteiger charge is 2.50. The summed E-state index contributed by atoms with van der Waals surface area (Å²) >= 11 is 1.44. The van der Waals surface area contributed by atoms with E-state index < -0.39 is 53.4 Å². The molecule has 12 heteroatoms. The molecule has 44 heavy (non-hydrogen) atoms. The summed E-state index contributed by atoms with van der Waals surface area (Å²) in [5, 5.41) is 3.70. The smallest absolute Gasteiger partial charge is 0.431 e. The highest BCUT2D eigenvalue weighted by atomic mass is 32.1. The summed E-state index contributed by atoms with van der Waals surface area (Å²) in [5.41, 5.74) is -0.178. The number of hydrogen-bond acceptors (Lipinski definition) is 8. The Labute approximate surface area is 255 Å². The third-order valence-electron chi connectivity index (χ3n) is 8.34. The largest absolute Gasteiger partial charge is 0.514 e. The third-order valence-corrected chi connectivity index (χ3v) is 9.28. The predicted octanol–water partition coefficient (Wildman–Crippen LogP) is 5.40. The highest BCUT2D eigenvalue weighted by molar-refractivity contribution is 7.14. The van der Waals surface area contributed by atoms with Crippen LogP contribution in [0.5, 0.6) is 5.75 Å². The van der Waals surface area contributed by atoms with Crippen LogP contribution in [0.1, 0.15) is 48.4 Å². The fourth-order valence-electron chi connectivity index (χ4n) is 6.43. The van der Waals surface area contributed by atoms with Crippen molar-refractivity contribution < 1.29 is 32.6 Å². The molecule has 0 spiro atoms. The number of allylic oxidation sites excluding steroid dienone is 2. The summed E-state index contributed by atoms with van der Waals surface area (Å²) in [4.78, 5) is 42.1. The Morgan fingerprint density at radius 2 is 1.95 bits per heavy atom. The van der Waals surface area contributed by atoms with E-state index in [-0.39, 0.29) is 31.0 Å². The SMILES string of the molecule is CC(C)OC(=O)Oc1c2n(ccc1=O)N([C@H]1C3=C(c4ccsc4-c4ccccc41)C(F)C(C)(F)C=C3)[C@@H]1COCCN1C2=O. The molecule has 4 heterocycles. The van der Waals surface area contributed by atoms with E-state index in [9.17, 15) is 14.4 Å². The molecular weight excluding hydrogens is 592 g/mol. The maximum absolute atomic E-state index is 16.3. The number of halogens is 2. The van der Waals surface area contributed by atoms with Crippen molar-refractivity contribution in [3.63, 3.8) is 0 Å². The van der Waals surface area contributed by atoms with Crippen molar-refractivity contribution >= 4 is 29.0 Å². The van der Waals surface area contributed by atoms with E-state index >= 15 is 8.78 Å². The van der Waals surface area contributed by atoms with Crippen LogP contribution >= 0.6 is 11.3 Å². The van der Waals surface area contributed by atoms with Crippen LogP contribution in [-0.4, -0.2) is 65.5 Å². The van der Waals surface area contributed by atoms with Crippen LogP contribution in [0.2, 0.25) is 0 Å². The second-order valence-electron chi connectivity index (χ2n) is 11.5. The van der Waals surface area contributed by atoms with E-state index in [2.05, 4.69) is 0 Å². The molecule has 7 rings (SSSR count). The molecule has 1 fully saturated rings. The van der Waals surface area contributed by atoms with Gasteiger partial charge in [0.15, 0.2) is 17.5 Å². The van der Waals surface area contributed by atoms with Gasteiger partial charge in [-0.3, -0.25) is 19.3 Å². The molecule has 0 N–H and O–H groups in total. The minimum atomic E-state index is -2.25. The van der Waals surface area contributed by atoms with Crippen LogP contribution in [0.4, 0.5) is 13.6 Å². The van der Waals surface area contributed by atoms with Crippen molar-refractivity contribution in [2.45, 2.75) is 50.9 Å². The number of hydrogen-bond donors (Lipinski definition) is 0. The predicted molar refractivity (Wildman–Crippen MR) is 160 cm³/mol. The highest BCUT2D eigenvalue weighted by Crippen LogP contribution is 2.53. The molecule has 4 atom stereocenters. The Balaban J connectivity index is 1.51. The van der Waals surface area contributed by atoms with E-state index in [1.54, 1.807) is 24.8 Å². The number of carbonyl (C=O) groups excluding carboxylic acids is 2. The lowest BCUT2D eigenvalue weighted by atomic mass is 9.81. The van der Waals surface area contributed by atoms with Crippen molar-refractivity contribution in [2.24, 2.45) is 0 Å². The van der Waals surface area contributed by atoms with Gasteiger partial charge in [0.2, 0.25) is 11.2 Å². The molecule has 4 aliphatic rings. The molecule has 9 nitrogen and oxygen atoms in total. The van der Waals surface area contributed by atoms with Gasteiger partial charge in [0.25, 0.3) is 5.91 Å². The van der Waals surface area contributed by atoms with Crippen LogP contribution in [-0.2, 0) is 9.47 Å². The first-order chi connectivity index (χ1) is 21.1. The number of ether oxygens (including phenoxy) is 3. The molecule has 0 bridgehead atoms. The third kappa shape index (κ3) is 4.30. The molecule has 2 unspecified atom stereocenters. The number of carbonyl (C=O) groups is 2. The van der Waals surface area contributed by atoms with Gasteiger partial charge in [-0.2, -0.15) is 0 Å². The Hall–Kier alpha value is -4.29. The van der Waals surface area contributed by atoms with Gasteiger partial charge in [0.1, 0.15) is 6.17 Å². The normalized spacial score (nSPS) is 25.5. The first kappa shape index (κ1) is 28.5. The van der Waals surface area contributed by atoms with E-state index in [1.165, 1.54) is 41.3 Å². The van der Waals surface area contributed by atoms with Gasteiger partial charge in [-0.15, -0.1) is 11.3 Å². The standard InChI is InChI=1S/C32H29F2N3O6S/c1-17(2)42-31(40)43-27-22(38)9-12-36-26(27)30(39)35-13-14-41-16-23(35)37(36)25-18-6-4-5-7-19(18)28-21(10-15-44-28)24-20(25)8-11-32(3,34)29(24)33/h4-12,15,17,23,25,29H,13-14,16H2,1-3H3/t23-,25-,29?,32?/m1/s1. The quantitative estimate of drug-likeness (QED) is 0.362. The van der Waals surface area contributed by atoms with Gasteiger partial charge >= 0.3 is 6.16 Å². The van der Waals surface area contributed by atoms with Crippen molar-refractivity contribution in [3.8, 4) is 16.2 Å². The van der Waals surface area contributed by atoms with Gasteiger partial charge in [-0.05, 0) is 60.6 Å². The fraction of sp³-hybridized carbons (Fsp3) is 0.344. The van der Waals surface area contributed by atoms with Crippen LogP contribution in [0.15, 0.2) is 70.5 Å². The monoisotopic (exact) mass is 621 g/mol. The second-order valence-corrected chi connectivity index (χ2v) is 12.4. The number of fused-ring (bicyclic) bond motifs is 6. The van der Waals surface area contributed by atoms with Gasteiger partial charge < -0.3 is 19.1 Å². The molecule has 1 amide bonds. The Kier molecular flexibility index (Phi) is 6.74. The average Bonchev–Trinajstić information content (AvgIpc) is 3.43. The first-order valence-electron chi connectivity index (χ1n) is 14.3. The minimum absolute atomic E-state index is 0.107. The maximum Gasteiger partial charge on any atom is 0.514 e. The zero-order valence-corrected chi connectivity index (χ0v) is 25.0. The molecule has 1 aromatic carbocycles. The lowest BCUT2D eigenvalue weighted by Gasteiger charge is -2.52. The summed E-state index contributed by atoms with van der Waals surface area (Å²) in [6.07, 6.45) is -0.0417. The van der Waals surface area contributed by atoms with Crippen LogP contribution < -0.4 is 15.2 Å². The molecule has 3 aromatic rings. The summed E-state index contributed by atoms with van der Waals surface area (Å²) in [6, 6.07) is 9.86. The molecular formula is C32H29F2N3O6S. The minimum Gasteiger partial charge on any atom is -0.431 e. The van der Waals surface area contributed by atoms with Crippen molar-refractivity contribution in [2.75, 3.05) is 24.8 Å². The second kappa shape index (κ2) is 10.4. The van der Waals surface area contributed by atoms with E-state index in [1.807, 2.05) is 40.7 Å². The van der Waals surface area contributed by atoms with Crippen molar-refractivity contribution in [1.29, 1.82) is 0 Å². The summed E-state index contributed by atoms with van der Waals surface area (Å²) < 4.78 is 49.8. The molecule has 2 aromatic heterocycles. The number of nitrogens with zero attached hydrogens (tertiary/aromatic N) is 3. The number of aromatic nitrogens is 1. The number of alkyl halides is 2. The molecule has 0 saturated carbocycles. The number of amides is 1. The van der Waals surface area contributed by atoms with Crippen molar-refractivity contribution in [1.82, 2.24) is 9.58 Å². The summed E-state index contributed by atoms with van der Waals surface area (Å²) in [6.45, 7) is 5.02. The van der Waals surface area contributed by atoms with Crippen LogP contribution in [0.3, 0.4) is 0 Å². The van der Waals surface area contributed by atoms with Gasteiger partial charge in [0, 0.05) is 29.3 Å². The molecule has 0 radical (unpaired) electrons. The lowest BCUT2D eigenvalue weighted by Crippen LogP contribution is -2.66. The summed E-state index contributed by atoms with van der Waals surface area (Å²) in [5.74, 6) is -1.01. The molecule has 2 aliphatic carbocycles. The van der Waals surface area contributed by atoms with Gasteiger partial charge in [-0.25, -0.2) is 13.6 Å². The lowest BCUT2D eigenvalue weighted by molar-refractivity contribution is -0.0198. The molecule has 228 valence electrons. The average molecular weight is 622 g/mol. The number of pyridine rings is 1. The first-order valence-corrected chi connectivity index (χ1v) is 15.2. The van der Waals surface area contributed by atoms with Crippen molar-refractivity contribution in [3.05, 3.63) is 92.7 Å². The van der Waals surface area contributed by atoms with E-state index in [4.69, 9.17) is 14.2 Å². The number of thiophene rings is 1. The van der Waals surface area contributed by atoms with Crippen LogP contribution in [0, 0.1) is 0 Å². The Bertz CT molecular complexity index is 1810. The van der Waals surface area contributed by atoms with Gasteiger partial charge in [-0.1, -0.05) is 30.3 Å². The molecule has 1 saturated heterocycles. The number of rotatable bonds is 3. The zero-order chi connectivity index (χ0) is 30.9. The fourth-order valence-corrected chi connectivity index (χ4v) is 7.39. The number of benzene rings is 1. The zero-order valence-electron chi connectivity index (χ0n) is 24.2. The topological polar surface area (TPSA) is 90.3 Å². The maximum atomic E-state index is 16.3. The van der Waals surface area contributed by atoms with Gasteiger partial charge in [0.05, 0.1) is 25.4 Å². The summed E-state index contributed by atoms with van der Waals surface area (Å²) in [7, 11) is 0. The van der Waals surface area contributed by atoms with E-state index in [0.29, 0.717) is 11.1 Å². The van der Waals surface area contributed by atoms with Crippen LogP contribution in [0.25, 0.3) is 16.0 Å². The van der Waals surface area contributed by atoms with E-state index in [0.717, 1.165) is 16.0 Å². The molecule has 2 aliphatic heterocycles. The Morgan fingerprint density at radius 1 is 1.16 bits per heavy atom.